The number of nitrogens with one attached hydrogen (secondary N) is 1. The van der Waals surface area contributed by atoms with E-state index < -0.39 is 93.6 Å². The van der Waals surface area contributed by atoms with Crippen molar-refractivity contribution in [3.8, 4) is 0 Å². The molecule has 0 spiro atoms. The summed E-state index contributed by atoms with van der Waals surface area (Å²) in [5.74, 6) is -7.66. The largest absolute Gasteiger partial charge is 0.465 e. The minimum Gasteiger partial charge on any atom is -0.465 e. The van der Waals surface area contributed by atoms with Crippen molar-refractivity contribution in [2.24, 2.45) is 0 Å². The summed E-state index contributed by atoms with van der Waals surface area (Å²) < 4.78 is 51.6. The molecule has 17 heteroatoms. The molecule has 3 rings (SSSR count). The number of hydrogen-bond acceptors (Lipinski definition) is 15. The number of esters is 5. The van der Waals surface area contributed by atoms with Gasteiger partial charge in [0.2, 0.25) is 5.91 Å². The van der Waals surface area contributed by atoms with Crippen molar-refractivity contribution in [1.82, 2.24) is 5.32 Å². The number of ether oxygens (including phenoxy) is 6. The lowest BCUT2D eigenvalue weighted by molar-refractivity contribution is -0.292. The van der Waals surface area contributed by atoms with Gasteiger partial charge in [-0.1, -0.05) is 60.7 Å². The van der Waals surface area contributed by atoms with Gasteiger partial charge in [-0.3, -0.25) is 28.5 Å². The van der Waals surface area contributed by atoms with Gasteiger partial charge >= 0.3 is 38.4 Å². The molecule has 1 aliphatic heterocycles. The maximum atomic E-state index is 13.8. The van der Waals surface area contributed by atoms with Crippen LogP contribution in [0.5, 0.6) is 0 Å². The van der Waals surface area contributed by atoms with E-state index in [-0.39, 0.29) is 13.2 Å². The van der Waals surface area contributed by atoms with Crippen LogP contribution in [0, 0.1) is 0 Å². The van der Waals surface area contributed by atoms with Crippen LogP contribution in [0.15, 0.2) is 60.7 Å². The molecule has 1 aliphatic rings. The van der Waals surface area contributed by atoms with Crippen LogP contribution in [0.3, 0.4) is 0 Å². The van der Waals surface area contributed by atoms with Crippen molar-refractivity contribution in [3.05, 3.63) is 71.8 Å². The summed E-state index contributed by atoms with van der Waals surface area (Å²) in [6, 6.07) is 16.7. The fraction of sp³-hybridized carbons (Fsp3) is 0.471. The molecule has 1 heterocycles. The van der Waals surface area contributed by atoms with Gasteiger partial charge in [-0.15, -0.1) is 0 Å². The second-order valence-corrected chi connectivity index (χ2v) is 12.4. The fourth-order valence-corrected chi connectivity index (χ4v) is 6.23. The van der Waals surface area contributed by atoms with Gasteiger partial charge in [0.05, 0.1) is 32.8 Å². The predicted octanol–water partition coefficient (Wildman–Crippen LogP) is 3.18. The Morgan fingerprint density at radius 3 is 1.80 bits per heavy atom. The Morgan fingerprint density at radius 2 is 1.35 bits per heavy atom. The smallest absolute Gasteiger partial charge is 0.367 e. The van der Waals surface area contributed by atoms with Gasteiger partial charge in [-0.05, 0) is 11.1 Å². The number of rotatable bonds is 17. The van der Waals surface area contributed by atoms with Crippen LogP contribution in [0.25, 0.3) is 0 Å². The molecule has 16 nitrogen and oxygen atoms in total. The lowest BCUT2D eigenvalue weighted by Crippen LogP contribution is -2.69. The van der Waals surface area contributed by atoms with Crippen LogP contribution in [0.1, 0.15) is 52.2 Å². The lowest BCUT2D eigenvalue weighted by atomic mass is 9.88. The number of amides is 1. The Kier molecular flexibility index (Phi) is 15.9. The second-order valence-electron chi connectivity index (χ2n) is 11.3. The summed E-state index contributed by atoms with van der Waals surface area (Å²) in [7, 11) is -1.45. The van der Waals surface area contributed by atoms with E-state index in [1.807, 2.05) is 12.1 Å². The highest BCUT2D eigenvalue weighted by molar-refractivity contribution is 7.41. The molecule has 1 fully saturated rings. The van der Waals surface area contributed by atoms with Crippen molar-refractivity contribution in [1.29, 1.82) is 0 Å². The summed E-state index contributed by atoms with van der Waals surface area (Å²) in [5, 5.41) is 2.61. The van der Waals surface area contributed by atoms with Crippen LogP contribution in [-0.4, -0.2) is 85.7 Å². The third kappa shape index (κ3) is 13.0. The summed E-state index contributed by atoms with van der Waals surface area (Å²) in [6.07, 6.45) is -6.98. The zero-order chi connectivity index (χ0) is 37.6. The highest BCUT2D eigenvalue weighted by Crippen LogP contribution is 2.50. The van der Waals surface area contributed by atoms with Gasteiger partial charge in [0.1, 0.15) is 18.8 Å². The number of hydrogen-bond donors (Lipinski definition) is 1. The molecular formula is C34H42NO15P. The molecule has 0 aliphatic carbocycles. The van der Waals surface area contributed by atoms with Crippen molar-refractivity contribution >= 4 is 44.4 Å². The van der Waals surface area contributed by atoms with Crippen LogP contribution in [0.4, 0.5) is 0 Å². The highest BCUT2D eigenvalue weighted by Gasteiger charge is 2.60. The molecule has 0 saturated carbocycles. The quantitative estimate of drug-likeness (QED) is 0.141. The summed E-state index contributed by atoms with van der Waals surface area (Å²) in [5.41, 5.74) is 1.47. The summed E-state index contributed by atoms with van der Waals surface area (Å²) in [4.78, 5) is 75.4. The zero-order valence-electron chi connectivity index (χ0n) is 29.1. The number of benzene rings is 2. The Hall–Kier alpha value is -4.47. The third-order valence-corrected chi connectivity index (χ3v) is 8.20. The van der Waals surface area contributed by atoms with Gasteiger partial charge in [0.25, 0.3) is 5.79 Å². The molecule has 6 atom stereocenters. The van der Waals surface area contributed by atoms with Gasteiger partial charge in [-0.25, -0.2) is 4.79 Å². The maximum Gasteiger partial charge on any atom is 0.367 e. The normalized spacial score (nSPS) is 21.0. The lowest BCUT2D eigenvalue weighted by Gasteiger charge is -2.48. The summed E-state index contributed by atoms with van der Waals surface area (Å²) >= 11 is 0. The van der Waals surface area contributed by atoms with Crippen molar-refractivity contribution in [3.63, 3.8) is 0 Å². The molecule has 278 valence electrons. The Morgan fingerprint density at radius 1 is 0.804 bits per heavy atom. The monoisotopic (exact) mass is 735 g/mol. The van der Waals surface area contributed by atoms with Gasteiger partial charge in [-0.2, -0.15) is 0 Å². The van der Waals surface area contributed by atoms with Crippen LogP contribution >= 0.6 is 8.60 Å². The molecule has 0 bridgehead atoms. The van der Waals surface area contributed by atoms with E-state index in [2.05, 4.69) is 5.32 Å². The van der Waals surface area contributed by atoms with E-state index in [4.69, 9.17) is 42.0 Å². The van der Waals surface area contributed by atoms with E-state index in [0.29, 0.717) is 0 Å². The molecule has 0 aromatic heterocycles. The fourth-order valence-electron chi connectivity index (χ4n) is 5.11. The molecule has 1 amide bonds. The van der Waals surface area contributed by atoms with Gasteiger partial charge in [0, 0.05) is 34.6 Å². The minimum atomic E-state index is -2.52. The molecular weight excluding hydrogens is 693 g/mol. The van der Waals surface area contributed by atoms with Crippen LogP contribution in [0.2, 0.25) is 0 Å². The van der Waals surface area contributed by atoms with Crippen molar-refractivity contribution in [2.45, 2.75) is 90.5 Å². The second kappa shape index (κ2) is 19.8. The number of methoxy groups -OCH3 is 1. The first-order chi connectivity index (χ1) is 24.2. The van der Waals surface area contributed by atoms with E-state index in [1.165, 1.54) is 0 Å². The first-order valence-electron chi connectivity index (χ1n) is 15.7. The molecule has 0 unspecified atom stereocenters. The average Bonchev–Trinajstić information content (AvgIpc) is 3.07. The van der Waals surface area contributed by atoms with E-state index in [0.717, 1.165) is 52.9 Å². The first kappa shape index (κ1) is 41.0. The third-order valence-electron chi connectivity index (χ3n) is 7.08. The van der Waals surface area contributed by atoms with E-state index in [9.17, 15) is 28.8 Å². The standard InChI is InChI=1S/C34H42NO15P/c1-21(36)35-30-28(46-23(3)38)17-34(33(41)42-6,49-32(30)31(48-25(5)40)29(47-24(4)39)20-43-22(2)37)50-51(44-18-26-13-9-7-10-14-26)45-19-27-15-11-8-12-16-27/h7-16,28-32H,17-20H2,1-6H3,(H,35,36)/t28-,29+,30+,31+,32+,34-/m0/s1. The number of carbonyl (C=O) groups excluding carboxylic acids is 6. The summed E-state index contributed by atoms with van der Waals surface area (Å²) in [6.45, 7) is 4.76. The van der Waals surface area contributed by atoms with Crippen LogP contribution in [-0.2, 0) is 84.0 Å². The first-order valence-corrected chi connectivity index (χ1v) is 16.8. The van der Waals surface area contributed by atoms with E-state index in [1.54, 1.807) is 48.5 Å². The molecule has 1 saturated heterocycles. The van der Waals surface area contributed by atoms with Gasteiger partial charge < -0.3 is 42.8 Å². The van der Waals surface area contributed by atoms with Crippen molar-refractivity contribution in [2.75, 3.05) is 13.7 Å². The molecule has 51 heavy (non-hydrogen) atoms. The molecule has 2 aromatic carbocycles. The maximum absolute atomic E-state index is 13.8. The number of carbonyl (C=O) groups is 6. The Balaban J connectivity index is 2.17. The Bertz CT molecular complexity index is 1450. The average molecular weight is 736 g/mol. The van der Waals surface area contributed by atoms with Crippen molar-refractivity contribution < 1.29 is 70.8 Å². The molecule has 2 aromatic rings. The SMILES string of the molecule is COC(=O)[C@@]1(OP(OCc2ccccc2)OCc2ccccc2)C[C@H](OC(C)=O)[C@@H](NC(C)=O)[C@H]([C@H](OC(C)=O)[C@@H](COC(C)=O)OC(C)=O)O1. The topological polar surface area (TPSA) is 198 Å². The highest BCUT2D eigenvalue weighted by atomic mass is 31.2. The van der Waals surface area contributed by atoms with Gasteiger partial charge in [0.15, 0.2) is 12.2 Å². The predicted molar refractivity (Wildman–Crippen MR) is 176 cm³/mol. The molecule has 1 N–H and O–H groups in total. The van der Waals surface area contributed by atoms with E-state index >= 15 is 0 Å². The zero-order valence-corrected chi connectivity index (χ0v) is 30.0. The molecule has 0 radical (unpaired) electrons. The minimum absolute atomic E-state index is 0.0309. The Labute approximate surface area is 296 Å². The van der Waals surface area contributed by atoms with Crippen LogP contribution < -0.4 is 5.32 Å².